The topological polar surface area (TPSA) is 63.7 Å². The highest BCUT2D eigenvalue weighted by Crippen LogP contribution is 2.42. The van der Waals surface area contributed by atoms with Crippen LogP contribution in [0.3, 0.4) is 0 Å². The zero-order valence-corrected chi connectivity index (χ0v) is 15.5. The van der Waals surface area contributed by atoms with Crippen molar-refractivity contribution in [3.8, 4) is 0 Å². The third-order valence-electron chi connectivity index (χ3n) is 4.34. The highest BCUT2D eigenvalue weighted by Gasteiger charge is 2.35. The summed E-state index contributed by atoms with van der Waals surface area (Å²) in [6.45, 7) is 0. The number of esters is 1. The Labute approximate surface area is 152 Å². The smallest absolute Gasteiger partial charge is 0.337 e. The second kappa shape index (κ2) is 6.69. The van der Waals surface area contributed by atoms with Gasteiger partial charge in [-0.2, -0.15) is 0 Å². The lowest BCUT2D eigenvalue weighted by Crippen LogP contribution is -2.33. The summed E-state index contributed by atoms with van der Waals surface area (Å²) in [4.78, 5) is 11.8. The Bertz CT molecular complexity index is 926. The number of benzene rings is 2. The Morgan fingerprint density at radius 3 is 2.60 bits per heavy atom. The number of para-hydroxylation sites is 1. The van der Waals surface area contributed by atoms with E-state index in [1.807, 2.05) is 6.07 Å². The molecule has 3 rings (SSSR count). The number of carbonyl (C=O) groups excluding carboxylic acids is 1. The molecule has 0 saturated heterocycles. The quantitative estimate of drug-likeness (QED) is 0.761. The fraction of sp³-hybridized carbons (Fsp3) is 0.278. The van der Waals surface area contributed by atoms with Gasteiger partial charge in [0.25, 0.3) is 0 Å². The van der Waals surface area contributed by atoms with Crippen molar-refractivity contribution in [2.24, 2.45) is 0 Å². The molecule has 0 N–H and O–H groups in total. The van der Waals surface area contributed by atoms with Crippen LogP contribution in [0.2, 0.25) is 5.02 Å². The van der Waals surface area contributed by atoms with Crippen molar-refractivity contribution in [1.82, 2.24) is 0 Å². The molecule has 0 spiro atoms. The summed E-state index contributed by atoms with van der Waals surface area (Å²) >= 11 is 6.25. The zero-order valence-electron chi connectivity index (χ0n) is 13.9. The molecule has 0 radical (unpaired) electrons. The maximum absolute atomic E-state index is 12.5. The van der Waals surface area contributed by atoms with E-state index in [0.29, 0.717) is 22.7 Å². The van der Waals surface area contributed by atoms with Crippen LogP contribution in [0.15, 0.2) is 42.5 Å². The molecule has 5 nitrogen and oxygen atoms in total. The van der Waals surface area contributed by atoms with E-state index in [1.165, 1.54) is 17.7 Å². The summed E-state index contributed by atoms with van der Waals surface area (Å²) in [5, 5.41) is 0.366. The molecule has 0 amide bonds. The highest BCUT2D eigenvalue weighted by molar-refractivity contribution is 7.92. The van der Waals surface area contributed by atoms with Crippen molar-refractivity contribution in [2.75, 3.05) is 17.7 Å². The number of hydrogen-bond acceptors (Lipinski definition) is 4. The number of methoxy groups -OCH3 is 1. The van der Waals surface area contributed by atoms with Crippen molar-refractivity contribution in [3.05, 3.63) is 64.2 Å². The van der Waals surface area contributed by atoms with Gasteiger partial charge in [-0.25, -0.2) is 13.2 Å². The van der Waals surface area contributed by atoms with E-state index >= 15 is 0 Å². The molecule has 7 heteroatoms. The number of anilines is 1. The Balaban J connectivity index is 2.13. The summed E-state index contributed by atoms with van der Waals surface area (Å²) < 4.78 is 31.2. The third kappa shape index (κ3) is 3.37. The van der Waals surface area contributed by atoms with E-state index in [0.717, 1.165) is 17.5 Å². The standard InChI is InChI=1S/C18H18ClNO4S/c1-24-18(21)13-8-7-12-9-10-16(14(12)11-13)20(25(2,22)23)17-6-4-3-5-15(17)19/h3-8,11,16H,9-10H2,1-2H3/t16-/m1/s1. The van der Waals surface area contributed by atoms with E-state index in [-0.39, 0.29) is 0 Å². The maximum atomic E-state index is 12.5. The minimum atomic E-state index is -3.57. The van der Waals surface area contributed by atoms with E-state index in [2.05, 4.69) is 0 Å². The molecule has 0 aromatic heterocycles. The molecule has 0 saturated carbocycles. The van der Waals surface area contributed by atoms with Crippen LogP contribution in [0.5, 0.6) is 0 Å². The lowest BCUT2D eigenvalue weighted by Gasteiger charge is -2.30. The molecule has 0 fully saturated rings. The first-order valence-corrected chi connectivity index (χ1v) is 10.0. The molecular weight excluding hydrogens is 362 g/mol. The van der Waals surface area contributed by atoms with Crippen LogP contribution in [0.4, 0.5) is 5.69 Å². The van der Waals surface area contributed by atoms with Crippen molar-refractivity contribution < 1.29 is 17.9 Å². The molecule has 2 aromatic carbocycles. The Hall–Kier alpha value is -2.05. The molecule has 2 aromatic rings. The first-order chi connectivity index (χ1) is 11.8. The second-order valence-electron chi connectivity index (χ2n) is 5.97. The van der Waals surface area contributed by atoms with Crippen LogP contribution in [0, 0.1) is 0 Å². The lowest BCUT2D eigenvalue weighted by molar-refractivity contribution is 0.0600. The van der Waals surface area contributed by atoms with Gasteiger partial charge in [0.15, 0.2) is 0 Å². The fourth-order valence-corrected chi connectivity index (χ4v) is 4.75. The summed E-state index contributed by atoms with van der Waals surface area (Å²) in [5.41, 5.74) is 2.68. The van der Waals surface area contributed by atoms with Crippen molar-refractivity contribution in [3.63, 3.8) is 0 Å². The van der Waals surface area contributed by atoms with Crippen LogP contribution >= 0.6 is 11.6 Å². The summed E-state index contributed by atoms with van der Waals surface area (Å²) in [6.07, 6.45) is 2.52. The van der Waals surface area contributed by atoms with Gasteiger partial charge in [0.1, 0.15) is 0 Å². The van der Waals surface area contributed by atoms with Crippen LogP contribution in [-0.2, 0) is 21.2 Å². The molecule has 1 atom stereocenters. The van der Waals surface area contributed by atoms with Gasteiger partial charge in [0.05, 0.1) is 35.7 Å². The van der Waals surface area contributed by atoms with Crippen LogP contribution < -0.4 is 4.31 Å². The van der Waals surface area contributed by atoms with E-state index in [1.54, 1.807) is 36.4 Å². The fourth-order valence-electron chi connectivity index (χ4n) is 3.28. The first-order valence-electron chi connectivity index (χ1n) is 7.78. The van der Waals surface area contributed by atoms with Crippen LogP contribution in [-0.4, -0.2) is 27.8 Å². The monoisotopic (exact) mass is 379 g/mol. The molecule has 0 heterocycles. The van der Waals surface area contributed by atoms with Crippen LogP contribution in [0.1, 0.15) is 33.9 Å². The summed E-state index contributed by atoms with van der Waals surface area (Å²) in [5.74, 6) is -0.447. The van der Waals surface area contributed by atoms with Gasteiger partial charge in [-0.15, -0.1) is 0 Å². The van der Waals surface area contributed by atoms with Gasteiger partial charge in [-0.05, 0) is 48.2 Å². The number of hydrogen-bond donors (Lipinski definition) is 0. The first kappa shape index (κ1) is 17.8. The Morgan fingerprint density at radius 2 is 1.96 bits per heavy atom. The molecule has 0 unspecified atom stereocenters. The number of halogens is 1. The van der Waals surface area contributed by atoms with Crippen molar-refractivity contribution in [1.29, 1.82) is 0 Å². The lowest BCUT2D eigenvalue weighted by atomic mass is 10.0. The van der Waals surface area contributed by atoms with Gasteiger partial charge in [0, 0.05) is 0 Å². The van der Waals surface area contributed by atoms with E-state index in [4.69, 9.17) is 16.3 Å². The minimum absolute atomic E-state index is 0.366. The SMILES string of the molecule is COC(=O)c1ccc2c(c1)[C@H](N(c1ccccc1Cl)S(C)(=O)=O)CC2. The predicted molar refractivity (Wildman–Crippen MR) is 97.6 cm³/mol. The molecule has 0 aliphatic heterocycles. The van der Waals surface area contributed by atoms with Gasteiger partial charge >= 0.3 is 5.97 Å². The third-order valence-corrected chi connectivity index (χ3v) is 5.83. The zero-order chi connectivity index (χ0) is 18.2. The van der Waals surface area contributed by atoms with Gasteiger partial charge in [-0.3, -0.25) is 4.31 Å². The van der Waals surface area contributed by atoms with Crippen molar-refractivity contribution >= 4 is 33.3 Å². The molecule has 0 bridgehead atoms. The largest absolute Gasteiger partial charge is 0.465 e. The van der Waals surface area contributed by atoms with E-state index in [9.17, 15) is 13.2 Å². The number of rotatable bonds is 4. The van der Waals surface area contributed by atoms with Crippen molar-refractivity contribution in [2.45, 2.75) is 18.9 Å². The molecular formula is C18H18ClNO4S. The number of ether oxygens (including phenoxy) is 1. The van der Waals surface area contributed by atoms with Crippen LogP contribution in [0.25, 0.3) is 0 Å². The molecule has 132 valence electrons. The number of aryl methyl sites for hydroxylation is 1. The molecule has 1 aliphatic rings. The highest BCUT2D eigenvalue weighted by atomic mass is 35.5. The number of fused-ring (bicyclic) bond motifs is 1. The Kier molecular flexibility index (Phi) is 4.75. The minimum Gasteiger partial charge on any atom is -0.465 e. The predicted octanol–water partition coefficient (Wildman–Crippen LogP) is 3.58. The average molecular weight is 380 g/mol. The van der Waals surface area contributed by atoms with Gasteiger partial charge in [-0.1, -0.05) is 29.8 Å². The summed E-state index contributed by atoms with van der Waals surface area (Å²) in [6, 6.07) is 11.7. The second-order valence-corrected chi connectivity index (χ2v) is 8.24. The molecule has 1 aliphatic carbocycles. The summed E-state index contributed by atoms with van der Waals surface area (Å²) in [7, 11) is -2.25. The van der Waals surface area contributed by atoms with E-state index < -0.39 is 22.0 Å². The van der Waals surface area contributed by atoms with Gasteiger partial charge < -0.3 is 4.74 Å². The number of carbonyl (C=O) groups is 1. The number of sulfonamides is 1. The average Bonchev–Trinajstić information content (AvgIpc) is 2.98. The maximum Gasteiger partial charge on any atom is 0.337 e. The normalized spacial score (nSPS) is 16.4. The molecule has 25 heavy (non-hydrogen) atoms. The Morgan fingerprint density at radius 1 is 1.24 bits per heavy atom. The van der Waals surface area contributed by atoms with Gasteiger partial charge in [0.2, 0.25) is 10.0 Å². The number of nitrogens with zero attached hydrogens (tertiary/aromatic N) is 1.